The van der Waals surface area contributed by atoms with E-state index in [1.807, 2.05) is 0 Å². The summed E-state index contributed by atoms with van der Waals surface area (Å²) in [6, 6.07) is 12.8. The number of alkyl halides is 6. The third kappa shape index (κ3) is 4.19. The van der Waals surface area contributed by atoms with Crippen molar-refractivity contribution in [1.29, 1.82) is 0 Å². The summed E-state index contributed by atoms with van der Waals surface area (Å²) in [6.45, 7) is 0. The average Bonchev–Trinajstić information content (AvgIpc) is 2.65. The third-order valence-corrected chi connectivity index (χ3v) is 5.29. The molecular formula is C20H13F6NO2S. The van der Waals surface area contributed by atoms with Gasteiger partial charge in [-0.3, -0.25) is 0 Å². The van der Waals surface area contributed by atoms with E-state index in [-0.39, 0.29) is 16.7 Å². The molecule has 3 nitrogen and oxygen atoms in total. The standard InChI is InChI=1S/C20H13F6NO2S/c21-19(22,23)15-10-4-9-14(18(15)20(24,25)26)13-8-5-11-16(30(27,28)29)17(13)12-6-2-1-3-7-12/h1-11H,(H2,27,28,29). The molecule has 10 heteroatoms. The van der Waals surface area contributed by atoms with E-state index in [1.54, 1.807) is 6.07 Å². The maximum atomic E-state index is 13.8. The number of sulfonamides is 1. The van der Waals surface area contributed by atoms with Crippen LogP contribution in [0.5, 0.6) is 0 Å². The number of rotatable bonds is 3. The van der Waals surface area contributed by atoms with E-state index in [9.17, 15) is 34.8 Å². The Balaban J connectivity index is 2.50. The SMILES string of the molecule is NS(=O)(=O)c1cccc(-c2cccc(C(F)(F)F)c2C(F)(F)F)c1-c1ccccc1. The fourth-order valence-electron chi connectivity index (χ4n) is 3.21. The monoisotopic (exact) mass is 445 g/mol. The van der Waals surface area contributed by atoms with Crippen molar-refractivity contribution in [2.75, 3.05) is 0 Å². The molecule has 0 bridgehead atoms. The van der Waals surface area contributed by atoms with Crippen LogP contribution in [0.25, 0.3) is 22.3 Å². The summed E-state index contributed by atoms with van der Waals surface area (Å²) < 4.78 is 105. The number of hydrogen-bond acceptors (Lipinski definition) is 2. The van der Waals surface area contributed by atoms with Crippen LogP contribution in [0.3, 0.4) is 0 Å². The van der Waals surface area contributed by atoms with Crippen LogP contribution in [-0.4, -0.2) is 8.42 Å². The van der Waals surface area contributed by atoms with Gasteiger partial charge in [-0.2, -0.15) is 26.3 Å². The zero-order valence-electron chi connectivity index (χ0n) is 14.9. The molecule has 0 radical (unpaired) electrons. The summed E-state index contributed by atoms with van der Waals surface area (Å²) in [7, 11) is -4.40. The summed E-state index contributed by atoms with van der Waals surface area (Å²) in [6.07, 6.45) is -10.6. The minimum Gasteiger partial charge on any atom is -0.225 e. The summed E-state index contributed by atoms with van der Waals surface area (Å²) in [5, 5.41) is 5.23. The second kappa shape index (κ2) is 7.44. The van der Waals surface area contributed by atoms with Crippen LogP contribution in [0.1, 0.15) is 11.1 Å². The molecule has 2 N–H and O–H groups in total. The number of hydrogen-bond donors (Lipinski definition) is 1. The van der Waals surface area contributed by atoms with E-state index in [0.717, 1.165) is 30.3 Å². The van der Waals surface area contributed by atoms with E-state index >= 15 is 0 Å². The molecule has 0 aromatic heterocycles. The molecule has 3 aromatic carbocycles. The van der Waals surface area contributed by atoms with Gasteiger partial charge in [0.1, 0.15) is 0 Å². The molecule has 30 heavy (non-hydrogen) atoms. The summed E-state index contributed by atoms with van der Waals surface area (Å²) in [4.78, 5) is -0.503. The average molecular weight is 445 g/mol. The normalized spacial score (nSPS) is 12.8. The van der Waals surface area contributed by atoms with Gasteiger partial charge in [-0.05, 0) is 28.8 Å². The summed E-state index contributed by atoms with van der Waals surface area (Å²) in [5.41, 5.74) is -4.95. The minimum atomic E-state index is -5.35. The second-order valence-electron chi connectivity index (χ2n) is 6.31. The van der Waals surface area contributed by atoms with Crippen molar-refractivity contribution < 1.29 is 34.8 Å². The van der Waals surface area contributed by atoms with Crippen LogP contribution in [0.15, 0.2) is 71.6 Å². The molecule has 3 aromatic rings. The fraction of sp³-hybridized carbons (Fsp3) is 0.100. The maximum Gasteiger partial charge on any atom is 0.417 e. The highest BCUT2D eigenvalue weighted by molar-refractivity contribution is 7.89. The van der Waals surface area contributed by atoms with Crippen LogP contribution >= 0.6 is 0 Å². The van der Waals surface area contributed by atoms with Gasteiger partial charge in [-0.25, -0.2) is 13.6 Å². The first-order valence-electron chi connectivity index (χ1n) is 8.31. The van der Waals surface area contributed by atoms with E-state index in [0.29, 0.717) is 6.07 Å². The number of halogens is 6. The lowest BCUT2D eigenvalue weighted by atomic mass is 9.89. The Morgan fingerprint density at radius 2 is 1.23 bits per heavy atom. The van der Waals surface area contributed by atoms with Crippen LogP contribution in [0.2, 0.25) is 0 Å². The highest BCUT2D eigenvalue weighted by atomic mass is 32.2. The van der Waals surface area contributed by atoms with Gasteiger partial charge >= 0.3 is 12.4 Å². The Kier molecular flexibility index (Phi) is 5.42. The molecule has 158 valence electrons. The van der Waals surface area contributed by atoms with Crippen molar-refractivity contribution in [1.82, 2.24) is 0 Å². The smallest absolute Gasteiger partial charge is 0.225 e. The largest absolute Gasteiger partial charge is 0.417 e. The van der Waals surface area contributed by atoms with Crippen molar-refractivity contribution in [2.24, 2.45) is 5.14 Å². The van der Waals surface area contributed by atoms with Crippen molar-refractivity contribution >= 4 is 10.0 Å². The third-order valence-electron chi connectivity index (χ3n) is 4.34. The van der Waals surface area contributed by atoms with Gasteiger partial charge < -0.3 is 0 Å². The van der Waals surface area contributed by atoms with Gasteiger partial charge in [0, 0.05) is 5.56 Å². The molecule has 0 aliphatic heterocycles. The quantitative estimate of drug-likeness (QED) is 0.526. The zero-order chi connectivity index (χ0) is 22.3. The highest BCUT2D eigenvalue weighted by Crippen LogP contribution is 2.47. The van der Waals surface area contributed by atoms with Crippen molar-refractivity contribution in [2.45, 2.75) is 17.2 Å². The van der Waals surface area contributed by atoms with E-state index in [4.69, 9.17) is 5.14 Å². The molecular weight excluding hydrogens is 432 g/mol. The van der Waals surface area contributed by atoms with Crippen molar-refractivity contribution in [3.8, 4) is 22.3 Å². The van der Waals surface area contributed by atoms with Crippen LogP contribution in [0, 0.1) is 0 Å². The number of benzene rings is 3. The number of nitrogens with two attached hydrogens (primary N) is 1. The Bertz CT molecular complexity index is 1190. The molecule has 0 aliphatic carbocycles. The summed E-state index contributed by atoms with van der Waals surface area (Å²) in [5.74, 6) is 0. The maximum absolute atomic E-state index is 13.8. The van der Waals surface area contributed by atoms with Gasteiger partial charge in [0.25, 0.3) is 0 Å². The van der Waals surface area contributed by atoms with E-state index in [2.05, 4.69) is 0 Å². The lowest BCUT2D eigenvalue weighted by molar-refractivity contribution is -0.161. The lowest BCUT2D eigenvalue weighted by Crippen LogP contribution is -2.18. The predicted molar refractivity (Wildman–Crippen MR) is 98.7 cm³/mol. The molecule has 0 aliphatic rings. The van der Waals surface area contributed by atoms with E-state index in [1.165, 1.54) is 24.3 Å². The van der Waals surface area contributed by atoms with Crippen molar-refractivity contribution in [3.63, 3.8) is 0 Å². The highest BCUT2D eigenvalue weighted by Gasteiger charge is 2.45. The predicted octanol–water partition coefficient (Wildman–Crippen LogP) is 5.71. The Morgan fingerprint density at radius 3 is 1.77 bits per heavy atom. The van der Waals surface area contributed by atoms with Crippen LogP contribution in [0.4, 0.5) is 26.3 Å². The van der Waals surface area contributed by atoms with Crippen LogP contribution in [-0.2, 0) is 22.4 Å². The lowest BCUT2D eigenvalue weighted by Gasteiger charge is -2.21. The van der Waals surface area contributed by atoms with Gasteiger partial charge in [-0.1, -0.05) is 54.6 Å². The zero-order valence-corrected chi connectivity index (χ0v) is 15.7. The minimum absolute atomic E-state index is 0.183. The van der Waals surface area contributed by atoms with Gasteiger partial charge in [-0.15, -0.1) is 0 Å². The molecule has 0 amide bonds. The Hall–Kier alpha value is -2.85. The Labute approximate surface area is 167 Å². The van der Waals surface area contributed by atoms with E-state index < -0.39 is 44.0 Å². The molecule has 0 heterocycles. The fourth-order valence-corrected chi connectivity index (χ4v) is 3.99. The summed E-state index contributed by atoms with van der Waals surface area (Å²) >= 11 is 0. The molecule has 0 atom stereocenters. The topological polar surface area (TPSA) is 60.2 Å². The molecule has 0 spiro atoms. The van der Waals surface area contributed by atoms with Gasteiger partial charge in [0.2, 0.25) is 10.0 Å². The molecule has 0 unspecified atom stereocenters. The first-order chi connectivity index (χ1) is 13.8. The molecule has 3 rings (SSSR count). The molecule has 0 saturated heterocycles. The van der Waals surface area contributed by atoms with Crippen LogP contribution < -0.4 is 5.14 Å². The molecule has 0 fully saturated rings. The van der Waals surface area contributed by atoms with Gasteiger partial charge in [0.05, 0.1) is 16.0 Å². The van der Waals surface area contributed by atoms with Gasteiger partial charge in [0.15, 0.2) is 0 Å². The van der Waals surface area contributed by atoms with Crippen molar-refractivity contribution in [3.05, 3.63) is 77.9 Å². The molecule has 0 saturated carbocycles. The number of primary sulfonamides is 1. The first kappa shape index (κ1) is 21.8. The second-order valence-corrected chi connectivity index (χ2v) is 7.84. The first-order valence-corrected chi connectivity index (χ1v) is 9.85. The Morgan fingerprint density at radius 1 is 0.667 bits per heavy atom.